The number of thiazole rings is 1. The topological polar surface area (TPSA) is 25.4 Å². The van der Waals surface area contributed by atoms with Gasteiger partial charge in [-0.1, -0.05) is 44.5 Å². The Hall–Kier alpha value is -1.10. The molecule has 0 aliphatic carbocycles. The predicted octanol–water partition coefficient (Wildman–Crippen LogP) is 4.52. The molecular weight excluding hydrogens is 328 g/mol. The van der Waals surface area contributed by atoms with Crippen LogP contribution in [-0.4, -0.2) is 31.3 Å². The average Bonchev–Trinajstić information content (AvgIpc) is 2.95. The highest BCUT2D eigenvalue weighted by atomic mass is 35.5. The Kier molecular flexibility index (Phi) is 4.95. The third-order valence-corrected chi connectivity index (χ3v) is 5.32. The van der Waals surface area contributed by atoms with E-state index in [1.54, 1.807) is 0 Å². The third-order valence-electron chi connectivity index (χ3n) is 3.96. The number of hydrogen-bond donors (Lipinski definition) is 0. The molecular formula is C18H23ClN2OS. The van der Waals surface area contributed by atoms with E-state index >= 15 is 0 Å². The molecule has 124 valence electrons. The predicted molar refractivity (Wildman–Crippen MR) is 98.1 cm³/mol. The Bertz CT molecular complexity index is 655. The molecule has 3 nitrogen and oxygen atoms in total. The van der Waals surface area contributed by atoms with Crippen molar-refractivity contribution < 1.29 is 4.74 Å². The second-order valence-electron chi connectivity index (χ2n) is 6.92. The standard InChI is InChI=1S/C18H23ClN2OS/c1-18(2,3)16-15(12-13-4-6-14(19)7-5-13)23-17(20-16)21-8-10-22-11-9-21/h4-7H,8-12H2,1-3H3. The van der Waals surface area contributed by atoms with Crippen molar-refractivity contribution in [1.29, 1.82) is 0 Å². The molecule has 0 atom stereocenters. The second kappa shape index (κ2) is 6.80. The monoisotopic (exact) mass is 350 g/mol. The molecule has 1 fully saturated rings. The molecule has 0 bridgehead atoms. The van der Waals surface area contributed by atoms with Crippen LogP contribution in [0.2, 0.25) is 5.02 Å². The maximum absolute atomic E-state index is 6.00. The lowest BCUT2D eigenvalue weighted by atomic mass is 9.90. The largest absolute Gasteiger partial charge is 0.378 e. The third kappa shape index (κ3) is 4.06. The van der Waals surface area contributed by atoms with Crippen LogP contribution in [0.15, 0.2) is 24.3 Å². The number of morpholine rings is 1. The van der Waals surface area contributed by atoms with Gasteiger partial charge < -0.3 is 9.64 Å². The van der Waals surface area contributed by atoms with Gasteiger partial charge in [-0.25, -0.2) is 4.98 Å². The molecule has 1 saturated heterocycles. The molecule has 0 radical (unpaired) electrons. The molecule has 1 aromatic carbocycles. The maximum Gasteiger partial charge on any atom is 0.185 e. The second-order valence-corrected chi connectivity index (χ2v) is 8.42. The van der Waals surface area contributed by atoms with Gasteiger partial charge in [0.2, 0.25) is 0 Å². The molecule has 3 rings (SSSR count). The summed E-state index contributed by atoms with van der Waals surface area (Å²) in [6, 6.07) is 8.11. The number of benzene rings is 1. The van der Waals surface area contributed by atoms with Crippen molar-refractivity contribution in [3.05, 3.63) is 45.4 Å². The van der Waals surface area contributed by atoms with Crippen molar-refractivity contribution >= 4 is 28.1 Å². The molecule has 23 heavy (non-hydrogen) atoms. The van der Waals surface area contributed by atoms with Crippen molar-refractivity contribution in [1.82, 2.24) is 4.98 Å². The fraction of sp³-hybridized carbons (Fsp3) is 0.500. The average molecular weight is 351 g/mol. The highest BCUT2D eigenvalue weighted by molar-refractivity contribution is 7.15. The molecule has 1 aromatic heterocycles. The smallest absolute Gasteiger partial charge is 0.185 e. The van der Waals surface area contributed by atoms with E-state index in [4.69, 9.17) is 21.3 Å². The molecule has 0 saturated carbocycles. The molecule has 0 spiro atoms. The van der Waals surface area contributed by atoms with E-state index in [-0.39, 0.29) is 5.41 Å². The molecule has 0 amide bonds. The summed E-state index contributed by atoms with van der Waals surface area (Å²) in [5, 5.41) is 1.91. The first kappa shape index (κ1) is 16.7. The Balaban J connectivity index is 1.90. The number of halogens is 1. The molecule has 0 N–H and O–H groups in total. The summed E-state index contributed by atoms with van der Waals surface area (Å²) in [6.45, 7) is 10.1. The van der Waals surface area contributed by atoms with Gasteiger partial charge in [-0.2, -0.15) is 0 Å². The highest BCUT2D eigenvalue weighted by Gasteiger charge is 2.25. The van der Waals surface area contributed by atoms with Crippen molar-refractivity contribution in [3.63, 3.8) is 0 Å². The van der Waals surface area contributed by atoms with Gasteiger partial charge in [0.15, 0.2) is 5.13 Å². The number of hydrogen-bond acceptors (Lipinski definition) is 4. The van der Waals surface area contributed by atoms with Gasteiger partial charge in [-0.15, -0.1) is 11.3 Å². The fourth-order valence-electron chi connectivity index (χ4n) is 2.72. The van der Waals surface area contributed by atoms with E-state index in [9.17, 15) is 0 Å². The van der Waals surface area contributed by atoms with E-state index in [1.807, 2.05) is 23.5 Å². The lowest BCUT2D eigenvalue weighted by Crippen LogP contribution is -2.36. The minimum absolute atomic E-state index is 0.0444. The number of rotatable bonds is 3. The van der Waals surface area contributed by atoms with Crippen molar-refractivity contribution in [2.45, 2.75) is 32.6 Å². The highest BCUT2D eigenvalue weighted by Crippen LogP contribution is 2.35. The van der Waals surface area contributed by atoms with Crippen LogP contribution < -0.4 is 4.90 Å². The number of anilines is 1. The molecule has 2 aromatic rings. The SMILES string of the molecule is CC(C)(C)c1nc(N2CCOCC2)sc1Cc1ccc(Cl)cc1. The van der Waals surface area contributed by atoms with Crippen molar-refractivity contribution in [2.75, 3.05) is 31.2 Å². The Morgan fingerprint density at radius 2 is 1.83 bits per heavy atom. The van der Waals surface area contributed by atoms with Crippen molar-refractivity contribution in [2.24, 2.45) is 0 Å². The van der Waals surface area contributed by atoms with Gasteiger partial charge in [0.1, 0.15) is 0 Å². The molecule has 1 aliphatic rings. The first-order valence-electron chi connectivity index (χ1n) is 8.01. The number of ether oxygens (including phenoxy) is 1. The fourth-order valence-corrected chi connectivity index (χ4v) is 4.20. The molecule has 0 unspecified atom stereocenters. The number of aromatic nitrogens is 1. The van der Waals surface area contributed by atoms with Gasteiger partial charge >= 0.3 is 0 Å². The summed E-state index contributed by atoms with van der Waals surface area (Å²) in [6.07, 6.45) is 0.909. The minimum atomic E-state index is 0.0444. The quantitative estimate of drug-likeness (QED) is 0.813. The lowest BCUT2D eigenvalue weighted by molar-refractivity contribution is 0.122. The molecule has 2 heterocycles. The summed E-state index contributed by atoms with van der Waals surface area (Å²) in [7, 11) is 0. The van der Waals surface area contributed by atoms with Crippen LogP contribution in [0, 0.1) is 0 Å². The van der Waals surface area contributed by atoms with Crippen LogP contribution in [0.25, 0.3) is 0 Å². The van der Waals surface area contributed by atoms with Gasteiger partial charge in [0.25, 0.3) is 0 Å². The van der Waals surface area contributed by atoms with E-state index in [0.29, 0.717) is 0 Å². The van der Waals surface area contributed by atoms with E-state index in [0.717, 1.165) is 42.9 Å². The van der Waals surface area contributed by atoms with Crippen LogP contribution in [0.4, 0.5) is 5.13 Å². The summed E-state index contributed by atoms with van der Waals surface area (Å²) < 4.78 is 5.46. The Morgan fingerprint density at radius 3 is 2.43 bits per heavy atom. The zero-order chi connectivity index (χ0) is 16.4. The van der Waals surface area contributed by atoms with Gasteiger partial charge in [0, 0.05) is 34.8 Å². The lowest BCUT2D eigenvalue weighted by Gasteiger charge is -2.26. The molecule has 1 aliphatic heterocycles. The first-order chi connectivity index (χ1) is 10.9. The first-order valence-corrected chi connectivity index (χ1v) is 9.20. The number of nitrogens with zero attached hydrogens (tertiary/aromatic N) is 2. The zero-order valence-corrected chi connectivity index (χ0v) is 15.5. The van der Waals surface area contributed by atoms with E-state index < -0.39 is 0 Å². The van der Waals surface area contributed by atoms with E-state index in [2.05, 4.69) is 37.8 Å². The normalized spacial score (nSPS) is 15.9. The van der Waals surface area contributed by atoms with Crippen LogP contribution in [0.5, 0.6) is 0 Å². The molecule has 5 heteroatoms. The van der Waals surface area contributed by atoms with Crippen LogP contribution >= 0.6 is 22.9 Å². The summed E-state index contributed by atoms with van der Waals surface area (Å²) >= 11 is 7.81. The van der Waals surface area contributed by atoms with Crippen LogP contribution in [0.1, 0.15) is 36.9 Å². The minimum Gasteiger partial charge on any atom is -0.378 e. The van der Waals surface area contributed by atoms with Gasteiger partial charge in [-0.05, 0) is 17.7 Å². The summed E-state index contributed by atoms with van der Waals surface area (Å²) in [5.41, 5.74) is 2.53. The summed E-state index contributed by atoms with van der Waals surface area (Å²) in [5.74, 6) is 0. The summed E-state index contributed by atoms with van der Waals surface area (Å²) in [4.78, 5) is 8.67. The van der Waals surface area contributed by atoms with Crippen molar-refractivity contribution in [3.8, 4) is 0 Å². The van der Waals surface area contributed by atoms with Crippen LogP contribution in [-0.2, 0) is 16.6 Å². The Labute approximate surface area is 147 Å². The Morgan fingerprint density at radius 1 is 1.17 bits per heavy atom. The van der Waals surface area contributed by atoms with Gasteiger partial charge in [-0.3, -0.25) is 0 Å². The van der Waals surface area contributed by atoms with Gasteiger partial charge in [0.05, 0.1) is 18.9 Å². The maximum atomic E-state index is 6.00. The van der Waals surface area contributed by atoms with E-state index in [1.165, 1.54) is 16.1 Å². The zero-order valence-electron chi connectivity index (χ0n) is 13.9. The van der Waals surface area contributed by atoms with Crippen LogP contribution in [0.3, 0.4) is 0 Å².